The van der Waals surface area contributed by atoms with E-state index in [1.54, 1.807) is 24.3 Å². The average Bonchev–Trinajstić information content (AvgIpc) is 2.64. The minimum Gasteiger partial charge on any atom is -0.379 e. The second kappa shape index (κ2) is 11.6. The predicted octanol–water partition coefficient (Wildman–Crippen LogP) is 1.81. The Bertz CT molecular complexity index is 556. The normalized spacial score (nSPS) is 14.8. The minimum absolute atomic E-state index is 0.0156. The summed E-state index contributed by atoms with van der Waals surface area (Å²) in [5.41, 5.74) is 6.91. The third-order valence-corrected chi connectivity index (χ3v) is 4.28. The molecule has 0 aliphatic carbocycles. The number of nitrogens with one attached hydrogen (secondary N) is 2. The van der Waals surface area contributed by atoms with Crippen LogP contribution in [0.3, 0.4) is 0 Å². The third kappa shape index (κ3) is 7.95. The van der Waals surface area contributed by atoms with Gasteiger partial charge in [-0.15, -0.1) is 0 Å². The van der Waals surface area contributed by atoms with Crippen molar-refractivity contribution in [1.82, 2.24) is 4.90 Å². The lowest BCUT2D eigenvalue weighted by molar-refractivity contribution is -0.118. The third-order valence-electron chi connectivity index (χ3n) is 4.28. The first-order chi connectivity index (χ1) is 12.7. The van der Waals surface area contributed by atoms with Crippen LogP contribution < -0.4 is 16.4 Å². The van der Waals surface area contributed by atoms with Crippen molar-refractivity contribution in [1.29, 1.82) is 0 Å². The molecular formula is C19H30N4O3. The molecule has 2 amide bonds. The fraction of sp³-hybridized carbons (Fsp3) is 0.579. The van der Waals surface area contributed by atoms with E-state index in [1.165, 1.54) is 0 Å². The highest BCUT2D eigenvalue weighted by Gasteiger charge is 2.14. The molecule has 7 heteroatoms. The van der Waals surface area contributed by atoms with Gasteiger partial charge in [0.15, 0.2) is 0 Å². The number of nitrogens with two attached hydrogens (primary N) is 1. The van der Waals surface area contributed by atoms with Gasteiger partial charge >= 0.3 is 0 Å². The number of anilines is 2. The molecule has 144 valence electrons. The summed E-state index contributed by atoms with van der Waals surface area (Å²) < 4.78 is 5.27. The van der Waals surface area contributed by atoms with Crippen molar-refractivity contribution in [3.8, 4) is 0 Å². The zero-order valence-electron chi connectivity index (χ0n) is 15.3. The molecule has 26 heavy (non-hydrogen) atoms. The Morgan fingerprint density at radius 3 is 2.12 bits per heavy atom. The number of hydrogen-bond acceptors (Lipinski definition) is 5. The maximum atomic E-state index is 12.1. The van der Waals surface area contributed by atoms with E-state index in [0.717, 1.165) is 50.1 Å². The molecule has 1 aliphatic rings. The molecule has 0 unspecified atom stereocenters. The summed E-state index contributed by atoms with van der Waals surface area (Å²) in [5, 5.41) is 5.76. The number of carbonyl (C=O) groups is 2. The molecule has 0 spiro atoms. The van der Waals surface area contributed by atoms with Crippen LogP contribution in [-0.2, 0) is 14.3 Å². The van der Waals surface area contributed by atoms with Crippen molar-refractivity contribution in [3.05, 3.63) is 24.3 Å². The van der Waals surface area contributed by atoms with Crippen molar-refractivity contribution in [2.75, 3.05) is 50.0 Å². The van der Waals surface area contributed by atoms with Crippen molar-refractivity contribution in [2.45, 2.75) is 32.1 Å². The number of benzene rings is 1. The summed E-state index contributed by atoms with van der Waals surface area (Å²) in [4.78, 5) is 26.0. The van der Waals surface area contributed by atoms with E-state index < -0.39 is 0 Å². The Hall–Kier alpha value is -1.96. The average molecular weight is 362 g/mol. The maximum Gasteiger partial charge on any atom is 0.238 e. The molecule has 7 nitrogen and oxygen atoms in total. The lowest BCUT2D eigenvalue weighted by Crippen LogP contribution is -2.41. The van der Waals surface area contributed by atoms with Gasteiger partial charge in [-0.1, -0.05) is 12.8 Å². The molecule has 1 heterocycles. The Balaban J connectivity index is 1.68. The maximum absolute atomic E-state index is 12.1. The number of carbonyl (C=O) groups excluding carboxylic acids is 2. The molecule has 1 aromatic rings. The van der Waals surface area contributed by atoms with Crippen molar-refractivity contribution >= 4 is 23.2 Å². The first-order valence-electron chi connectivity index (χ1n) is 9.37. The van der Waals surface area contributed by atoms with Gasteiger partial charge < -0.3 is 21.1 Å². The van der Waals surface area contributed by atoms with Crippen molar-refractivity contribution < 1.29 is 14.3 Å². The van der Waals surface area contributed by atoms with Gasteiger partial charge in [0.05, 0.1) is 19.8 Å². The second-order valence-corrected chi connectivity index (χ2v) is 6.52. The van der Waals surface area contributed by atoms with Gasteiger partial charge in [-0.2, -0.15) is 0 Å². The summed E-state index contributed by atoms with van der Waals surface area (Å²) in [6, 6.07) is 7.20. The van der Waals surface area contributed by atoms with Gasteiger partial charge in [0, 0.05) is 30.9 Å². The van der Waals surface area contributed by atoms with E-state index in [9.17, 15) is 9.59 Å². The molecule has 1 aliphatic heterocycles. The van der Waals surface area contributed by atoms with Crippen molar-refractivity contribution in [3.63, 3.8) is 0 Å². The molecule has 0 saturated carbocycles. The highest BCUT2D eigenvalue weighted by molar-refractivity contribution is 5.93. The number of nitrogens with zero attached hydrogens (tertiary/aromatic N) is 1. The zero-order chi connectivity index (χ0) is 18.6. The van der Waals surface area contributed by atoms with Gasteiger partial charge in [-0.05, 0) is 43.7 Å². The molecule has 0 radical (unpaired) electrons. The number of rotatable bonds is 10. The van der Waals surface area contributed by atoms with Crippen LogP contribution in [0.25, 0.3) is 0 Å². The fourth-order valence-corrected chi connectivity index (χ4v) is 2.81. The van der Waals surface area contributed by atoms with Crippen LogP contribution in [0.5, 0.6) is 0 Å². The Labute approximate surface area is 155 Å². The van der Waals surface area contributed by atoms with Crippen LogP contribution in [0, 0.1) is 0 Å². The van der Waals surface area contributed by atoms with E-state index in [-0.39, 0.29) is 11.8 Å². The van der Waals surface area contributed by atoms with Crippen LogP contribution in [-0.4, -0.2) is 56.1 Å². The zero-order valence-corrected chi connectivity index (χ0v) is 15.3. The monoisotopic (exact) mass is 362 g/mol. The summed E-state index contributed by atoms with van der Waals surface area (Å²) in [7, 11) is 0. The largest absolute Gasteiger partial charge is 0.379 e. The van der Waals surface area contributed by atoms with E-state index in [0.29, 0.717) is 32.7 Å². The second-order valence-electron chi connectivity index (χ2n) is 6.52. The van der Waals surface area contributed by atoms with Gasteiger partial charge in [0.25, 0.3) is 0 Å². The summed E-state index contributed by atoms with van der Waals surface area (Å²) >= 11 is 0. The topological polar surface area (TPSA) is 96.7 Å². The van der Waals surface area contributed by atoms with E-state index in [4.69, 9.17) is 10.5 Å². The molecule has 1 saturated heterocycles. The smallest absolute Gasteiger partial charge is 0.238 e. The molecule has 0 aromatic heterocycles. The van der Waals surface area contributed by atoms with Crippen LogP contribution in [0.1, 0.15) is 32.1 Å². The van der Waals surface area contributed by atoms with Gasteiger partial charge in [0.2, 0.25) is 11.8 Å². The molecule has 0 bridgehead atoms. The summed E-state index contributed by atoms with van der Waals surface area (Å²) in [6.45, 7) is 3.99. The minimum atomic E-state index is -0.0406. The van der Waals surface area contributed by atoms with Crippen LogP contribution in [0.2, 0.25) is 0 Å². The van der Waals surface area contributed by atoms with Gasteiger partial charge in [-0.25, -0.2) is 0 Å². The summed E-state index contributed by atoms with van der Waals surface area (Å²) in [5.74, 6) is -0.0250. The van der Waals surface area contributed by atoms with Crippen LogP contribution in [0.4, 0.5) is 11.4 Å². The van der Waals surface area contributed by atoms with Gasteiger partial charge in [-0.3, -0.25) is 14.5 Å². The lowest BCUT2D eigenvalue weighted by atomic mass is 10.1. The molecule has 2 rings (SSSR count). The number of ether oxygens (including phenoxy) is 1. The fourth-order valence-electron chi connectivity index (χ4n) is 2.81. The molecule has 1 fully saturated rings. The predicted molar refractivity (Wildman–Crippen MR) is 103 cm³/mol. The SMILES string of the molecule is NCCCCCCC(=O)Nc1ccc(NC(=O)CN2CCOCC2)cc1. The Morgan fingerprint density at radius 2 is 1.50 bits per heavy atom. The first kappa shape index (κ1) is 20.4. The van der Waals surface area contributed by atoms with Crippen LogP contribution in [0.15, 0.2) is 24.3 Å². The van der Waals surface area contributed by atoms with E-state index in [1.807, 2.05) is 0 Å². The molecule has 4 N–H and O–H groups in total. The Kier molecular flexibility index (Phi) is 9.09. The molecular weight excluding hydrogens is 332 g/mol. The number of morpholine rings is 1. The highest BCUT2D eigenvalue weighted by atomic mass is 16.5. The molecule has 0 atom stereocenters. The quantitative estimate of drug-likeness (QED) is 0.552. The van der Waals surface area contributed by atoms with Crippen LogP contribution >= 0.6 is 0 Å². The summed E-state index contributed by atoms with van der Waals surface area (Å²) in [6.07, 6.45) is 4.51. The highest BCUT2D eigenvalue weighted by Crippen LogP contribution is 2.14. The lowest BCUT2D eigenvalue weighted by Gasteiger charge is -2.25. The number of amides is 2. The standard InChI is InChI=1S/C19H30N4O3/c20-10-4-2-1-3-5-18(24)21-16-6-8-17(9-7-16)22-19(25)15-23-11-13-26-14-12-23/h6-9H,1-5,10-15,20H2,(H,21,24)(H,22,25). The van der Waals surface area contributed by atoms with Crippen molar-refractivity contribution in [2.24, 2.45) is 5.73 Å². The number of hydrogen-bond donors (Lipinski definition) is 3. The first-order valence-corrected chi connectivity index (χ1v) is 9.37. The molecule has 1 aromatic carbocycles. The van der Waals surface area contributed by atoms with E-state index in [2.05, 4.69) is 15.5 Å². The number of unbranched alkanes of at least 4 members (excludes halogenated alkanes) is 3. The van der Waals surface area contributed by atoms with E-state index >= 15 is 0 Å². The van der Waals surface area contributed by atoms with Gasteiger partial charge in [0.1, 0.15) is 0 Å². The Morgan fingerprint density at radius 1 is 0.923 bits per heavy atom.